The Morgan fingerprint density at radius 3 is 2.16 bits per heavy atom. The van der Waals surface area contributed by atoms with Crippen LogP contribution in [0.3, 0.4) is 0 Å². The molecular formula is C18H17ClN6. The van der Waals surface area contributed by atoms with Crippen molar-refractivity contribution in [2.45, 2.75) is 6.92 Å². The molecule has 0 saturated carbocycles. The van der Waals surface area contributed by atoms with Gasteiger partial charge >= 0.3 is 0 Å². The summed E-state index contributed by atoms with van der Waals surface area (Å²) >= 11 is 0. The van der Waals surface area contributed by atoms with Crippen LogP contribution in [0.2, 0.25) is 0 Å². The molecule has 0 fully saturated rings. The fourth-order valence-electron chi connectivity index (χ4n) is 2.79. The minimum atomic E-state index is 0. The number of hydrogen-bond donors (Lipinski definition) is 2. The molecule has 0 amide bonds. The molecule has 7 heteroatoms. The average Bonchev–Trinajstić information content (AvgIpc) is 2.93. The van der Waals surface area contributed by atoms with E-state index in [1.807, 2.05) is 24.3 Å². The predicted molar refractivity (Wildman–Crippen MR) is 105 cm³/mol. The number of anilines is 1. The number of aryl methyl sites for hydroxylation is 1. The van der Waals surface area contributed by atoms with E-state index in [1.165, 1.54) is 15.4 Å². The summed E-state index contributed by atoms with van der Waals surface area (Å²) in [6, 6.07) is 18.7. The Kier molecular flexibility index (Phi) is 4.54. The molecule has 0 radical (unpaired) electrons. The van der Waals surface area contributed by atoms with Gasteiger partial charge in [0.2, 0.25) is 0 Å². The van der Waals surface area contributed by atoms with Crippen molar-refractivity contribution in [3.63, 3.8) is 0 Å². The Morgan fingerprint density at radius 1 is 1.00 bits per heavy atom. The van der Waals surface area contributed by atoms with Gasteiger partial charge in [0.15, 0.2) is 5.82 Å². The summed E-state index contributed by atoms with van der Waals surface area (Å²) < 4.78 is 1.36. The van der Waals surface area contributed by atoms with Gasteiger partial charge < -0.3 is 5.84 Å². The Labute approximate surface area is 150 Å². The summed E-state index contributed by atoms with van der Waals surface area (Å²) in [6.45, 7) is 1.78. The highest BCUT2D eigenvalue weighted by Crippen LogP contribution is 2.27. The van der Waals surface area contributed by atoms with Gasteiger partial charge in [-0.2, -0.15) is 5.10 Å². The molecule has 3 aromatic carbocycles. The van der Waals surface area contributed by atoms with Crippen molar-refractivity contribution in [1.29, 1.82) is 0 Å². The van der Waals surface area contributed by atoms with Gasteiger partial charge in [0.1, 0.15) is 0 Å². The zero-order valence-corrected chi connectivity index (χ0v) is 14.4. The third-order valence-corrected chi connectivity index (χ3v) is 4.04. The van der Waals surface area contributed by atoms with Gasteiger partial charge in [-0.3, -0.25) is 0 Å². The molecule has 25 heavy (non-hydrogen) atoms. The number of nitrogen functional groups attached to an aromatic ring is 1. The number of benzene rings is 3. The summed E-state index contributed by atoms with van der Waals surface area (Å²) in [5.41, 5.74) is 3.90. The van der Waals surface area contributed by atoms with E-state index >= 15 is 0 Å². The normalized spacial score (nSPS) is 11.1. The molecule has 0 atom stereocenters. The van der Waals surface area contributed by atoms with Crippen molar-refractivity contribution in [2.75, 3.05) is 11.3 Å². The number of aromatic nitrogens is 3. The average molecular weight is 353 g/mol. The van der Waals surface area contributed by atoms with E-state index in [9.17, 15) is 0 Å². The second-order valence-electron chi connectivity index (χ2n) is 5.54. The molecule has 0 aliphatic carbocycles. The maximum atomic E-state index is 5.82. The largest absolute Gasteiger partial charge is 0.335 e. The summed E-state index contributed by atoms with van der Waals surface area (Å²) in [5, 5.41) is 16.8. The van der Waals surface area contributed by atoms with Crippen molar-refractivity contribution in [2.24, 2.45) is 5.10 Å². The smallest absolute Gasteiger partial charge is 0.263 e. The van der Waals surface area contributed by atoms with Crippen LogP contribution >= 0.6 is 12.4 Å². The molecule has 1 heterocycles. The van der Waals surface area contributed by atoms with E-state index in [0.717, 1.165) is 16.3 Å². The molecule has 0 spiro atoms. The summed E-state index contributed by atoms with van der Waals surface area (Å²) in [4.78, 5) is 0. The quantitative estimate of drug-likeness (QED) is 0.256. The maximum Gasteiger partial charge on any atom is 0.263 e. The molecule has 0 aliphatic rings. The predicted octanol–water partition coefficient (Wildman–Crippen LogP) is 3.47. The second kappa shape index (κ2) is 6.78. The lowest BCUT2D eigenvalue weighted by Gasteiger charge is -2.08. The monoisotopic (exact) mass is 352 g/mol. The van der Waals surface area contributed by atoms with Crippen LogP contribution in [0.25, 0.3) is 21.5 Å². The fourth-order valence-corrected chi connectivity index (χ4v) is 2.79. The van der Waals surface area contributed by atoms with Crippen LogP contribution in [0, 0.1) is 6.92 Å². The topological polar surface area (TPSA) is 81.1 Å². The van der Waals surface area contributed by atoms with Crippen LogP contribution in [-0.4, -0.2) is 21.1 Å². The van der Waals surface area contributed by atoms with Gasteiger partial charge in [-0.1, -0.05) is 48.5 Å². The van der Waals surface area contributed by atoms with Crippen LogP contribution in [0.15, 0.2) is 59.7 Å². The van der Waals surface area contributed by atoms with Crippen LogP contribution in [-0.2, 0) is 0 Å². The van der Waals surface area contributed by atoms with Crippen LogP contribution in [0.4, 0.5) is 5.95 Å². The Morgan fingerprint density at radius 2 is 1.60 bits per heavy atom. The maximum absolute atomic E-state index is 5.82. The second-order valence-corrected chi connectivity index (χ2v) is 5.54. The Hall–Kier alpha value is -3.12. The van der Waals surface area contributed by atoms with Crippen molar-refractivity contribution in [1.82, 2.24) is 14.9 Å². The van der Waals surface area contributed by atoms with Crippen molar-refractivity contribution < 1.29 is 0 Å². The van der Waals surface area contributed by atoms with E-state index in [-0.39, 0.29) is 12.4 Å². The van der Waals surface area contributed by atoms with Crippen LogP contribution < -0.4 is 11.3 Å². The number of halogens is 1. The SMILES string of the molecule is Cc1nnc(N/N=C/c2c3ccccc3cc3ccccc23)n1N.Cl. The molecule has 4 aromatic rings. The number of fused-ring (bicyclic) bond motifs is 2. The number of hydrazone groups is 1. The molecule has 3 N–H and O–H groups in total. The van der Waals surface area contributed by atoms with E-state index in [2.05, 4.69) is 51.1 Å². The number of hydrogen-bond acceptors (Lipinski definition) is 5. The van der Waals surface area contributed by atoms with Gasteiger partial charge in [-0.25, -0.2) is 10.1 Å². The molecule has 4 rings (SSSR count). The highest BCUT2D eigenvalue weighted by atomic mass is 35.5. The molecule has 1 aromatic heterocycles. The zero-order valence-electron chi connectivity index (χ0n) is 13.5. The first-order chi connectivity index (χ1) is 11.7. The number of nitrogens with zero attached hydrogens (tertiary/aromatic N) is 4. The summed E-state index contributed by atoms with van der Waals surface area (Å²) in [5.74, 6) is 6.83. The van der Waals surface area contributed by atoms with Gasteiger partial charge in [-0.15, -0.1) is 22.6 Å². The molecule has 6 nitrogen and oxygen atoms in total. The van der Waals surface area contributed by atoms with Gasteiger partial charge in [-0.05, 0) is 34.5 Å². The van der Waals surface area contributed by atoms with Gasteiger partial charge in [0, 0.05) is 5.56 Å². The highest BCUT2D eigenvalue weighted by molar-refractivity contribution is 6.13. The molecule has 0 aliphatic heterocycles. The van der Waals surface area contributed by atoms with Crippen LogP contribution in [0.5, 0.6) is 0 Å². The first kappa shape index (κ1) is 16.7. The fraction of sp³-hybridized carbons (Fsp3) is 0.0556. The van der Waals surface area contributed by atoms with E-state index < -0.39 is 0 Å². The molecular weight excluding hydrogens is 336 g/mol. The standard InChI is InChI=1S/C18H16N6.ClH/c1-12-21-23-18(24(12)19)22-20-11-17-15-8-4-2-6-13(15)10-14-7-3-5-9-16(14)17;/h2-11H,19H2,1H3,(H,22,23);1H/b20-11+;. The first-order valence-corrected chi connectivity index (χ1v) is 7.61. The zero-order chi connectivity index (χ0) is 16.5. The summed E-state index contributed by atoms with van der Waals surface area (Å²) in [7, 11) is 0. The summed E-state index contributed by atoms with van der Waals surface area (Å²) in [6.07, 6.45) is 1.80. The van der Waals surface area contributed by atoms with Crippen molar-refractivity contribution in [3.8, 4) is 0 Å². The van der Waals surface area contributed by atoms with Crippen molar-refractivity contribution in [3.05, 3.63) is 66.0 Å². The Bertz CT molecular complexity index is 1020. The number of rotatable bonds is 3. The lowest BCUT2D eigenvalue weighted by Crippen LogP contribution is -2.13. The molecule has 0 unspecified atom stereocenters. The minimum absolute atomic E-state index is 0. The molecule has 126 valence electrons. The first-order valence-electron chi connectivity index (χ1n) is 7.61. The highest BCUT2D eigenvalue weighted by Gasteiger charge is 2.06. The number of nitrogens with two attached hydrogens (primary N) is 1. The van der Waals surface area contributed by atoms with Gasteiger partial charge in [0.25, 0.3) is 5.95 Å². The third kappa shape index (κ3) is 2.99. The van der Waals surface area contributed by atoms with E-state index in [1.54, 1.807) is 13.1 Å². The van der Waals surface area contributed by atoms with E-state index in [0.29, 0.717) is 11.8 Å². The third-order valence-electron chi connectivity index (χ3n) is 4.04. The van der Waals surface area contributed by atoms with Crippen LogP contribution in [0.1, 0.15) is 11.4 Å². The Balaban J connectivity index is 0.00000182. The lowest BCUT2D eigenvalue weighted by molar-refractivity contribution is 0.926. The van der Waals surface area contributed by atoms with E-state index in [4.69, 9.17) is 5.84 Å². The van der Waals surface area contributed by atoms with Gasteiger partial charge in [0.05, 0.1) is 6.21 Å². The molecule has 0 saturated heterocycles. The number of nitrogens with one attached hydrogen (secondary N) is 1. The van der Waals surface area contributed by atoms with Crippen molar-refractivity contribution >= 4 is 46.1 Å². The lowest BCUT2D eigenvalue weighted by atomic mass is 9.97. The minimum Gasteiger partial charge on any atom is -0.335 e. The molecule has 0 bridgehead atoms.